The molecule has 1 aromatic heterocycles. The number of thiol groups is 1. The predicted molar refractivity (Wildman–Crippen MR) is 91.9 cm³/mol. The summed E-state index contributed by atoms with van der Waals surface area (Å²) >= 11 is 1.52. The first-order valence-electron chi connectivity index (χ1n) is 6.91. The molecule has 0 amide bonds. The number of benzene rings is 1. The summed E-state index contributed by atoms with van der Waals surface area (Å²) in [6.07, 6.45) is 1.92. The molecule has 0 saturated heterocycles. The molecule has 0 radical (unpaired) electrons. The number of hydrogen-bond acceptors (Lipinski definition) is 8. The summed E-state index contributed by atoms with van der Waals surface area (Å²) in [5, 5.41) is -0.224. The van der Waals surface area contributed by atoms with Crippen molar-refractivity contribution in [2.75, 3.05) is 20.5 Å². The molecule has 130 valence electrons. The van der Waals surface area contributed by atoms with E-state index in [9.17, 15) is 8.42 Å². The number of ether oxygens (including phenoxy) is 2. The second-order valence-corrected chi connectivity index (χ2v) is 6.35. The highest BCUT2D eigenvalue weighted by Gasteiger charge is 2.21. The second kappa shape index (κ2) is 8.81. The van der Waals surface area contributed by atoms with Gasteiger partial charge in [-0.25, -0.2) is 13.1 Å². The van der Waals surface area contributed by atoms with E-state index in [0.29, 0.717) is 5.82 Å². The molecule has 0 bridgehead atoms. The zero-order chi connectivity index (χ0) is 17.5. The van der Waals surface area contributed by atoms with Crippen LogP contribution in [0, 0.1) is 0 Å². The van der Waals surface area contributed by atoms with Gasteiger partial charge in [0, 0.05) is 6.54 Å². The van der Waals surface area contributed by atoms with Crippen LogP contribution in [-0.2, 0) is 17.4 Å². The molecule has 0 aliphatic heterocycles. The van der Waals surface area contributed by atoms with Gasteiger partial charge in [0.2, 0.25) is 10.9 Å². The van der Waals surface area contributed by atoms with Gasteiger partial charge in [-0.1, -0.05) is 24.3 Å². The van der Waals surface area contributed by atoms with Crippen LogP contribution in [0.2, 0.25) is 0 Å². The number of nitrogens with one attached hydrogen (secondary N) is 1. The van der Waals surface area contributed by atoms with Crippen LogP contribution in [0.5, 0.6) is 12.0 Å². The molecule has 1 heterocycles. The summed E-state index contributed by atoms with van der Waals surface area (Å²) in [7, 11) is 0.267. The van der Waals surface area contributed by atoms with E-state index in [4.69, 9.17) is 9.47 Å². The number of nitrogens with zero attached hydrogens (tertiary/aromatic N) is 3. The van der Waals surface area contributed by atoms with E-state index < -0.39 is 10.9 Å². The Morgan fingerprint density at radius 2 is 1.75 bits per heavy atom. The molecule has 24 heavy (non-hydrogen) atoms. The van der Waals surface area contributed by atoms with E-state index in [1.807, 2.05) is 30.5 Å². The van der Waals surface area contributed by atoms with Gasteiger partial charge in [0.15, 0.2) is 5.82 Å². The van der Waals surface area contributed by atoms with Crippen LogP contribution in [0.15, 0.2) is 24.3 Å². The van der Waals surface area contributed by atoms with Crippen LogP contribution in [0.3, 0.4) is 0 Å². The minimum atomic E-state index is -2.67. The largest absolute Gasteiger partial charge is 0.467 e. The average Bonchev–Trinajstić information content (AvgIpc) is 2.61. The molecular formula is C14H18N4O4S2. The molecule has 0 spiro atoms. The maximum atomic E-state index is 10.8. The van der Waals surface area contributed by atoms with Crippen molar-refractivity contribution < 1.29 is 17.9 Å². The molecule has 1 atom stereocenters. The smallest absolute Gasteiger partial charge is 0.322 e. The van der Waals surface area contributed by atoms with Gasteiger partial charge < -0.3 is 9.47 Å². The van der Waals surface area contributed by atoms with Gasteiger partial charge in [-0.05, 0) is 17.4 Å². The summed E-state index contributed by atoms with van der Waals surface area (Å²) in [5.41, 5.74) is 1.75. The first-order chi connectivity index (χ1) is 11.6. The molecule has 10 heteroatoms. The van der Waals surface area contributed by atoms with E-state index in [0.717, 1.165) is 11.1 Å². The highest BCUT2D eigenvalue weighted by atomic mass is 32.2. The van der Waals surface area contributed by atoms with Gasteiger partial charge in [-0.3, -0.25) is 0 Å². The molecule has 0 fully saturated rings. The predicted octanol–water partition coefficient (Wildman–Crippen LogP) is 0.957. The van der Waals surface area contributed by atoms with Crippen molar-refractivity contribution in [2.45, 2.75) is 11.8 Å². The van der Waals surface area contributed by atoms with Gasteiger partial charge in [0.05, 0.1) is 19.5 Å². The van der Waals surface area contributed by atoms with Crippen molar-refractivity contribution in [3.63, 3.8) is 0 Å². The van der Waals surface area contributed by atoms with Crippen molar-refractivity contribution in [2.24, 2.45) is 0 Å². The lowest BCUT2D eigenvalue weighted by Gasteiger charge is -2.18. The number of methoxy groups -OCH3 is 2. The Bertz CT molecular complexity index is 740. The molecule has 0 saturated carbocycles. The zero-order valence-electron chi connectivity index (χ0n) is 13.4. The Morgan fingerprint density at radius 1 is 1.12 bits per heavy atom. The zero-order valence-corrected chi connectivity index (χ0v) is 15.1. The quantitative estimate of drug-likeness (QED) is 0.662. The van der Waals surface area contributed by atoms with E-state index in [1.54, 1.807) is 0 Å². The fraction of sp³-hybridized carbons (Fsp3) is 0.357. The SMILES string of the molecule is COc1nc(OC)nc(C(SC)c2ccccc2CN[SH](=O)=O)n1. The van der Waals surface area contributed by atoms with Gasteiger partial charge >= 0.3 is 12.0 Å². The first kappa shape index (κ1) is 18.4. The van der Waals surface area contributed by atoms with Gasteiger partial charge in [-0.15, -0.1) is 16.7 Å². The topological polar surface area (TPSA) is 103 Å². The van der Waals surface area contributed by atoms with Crippen molar-refractivity contribution in [1.82, 2.24) is 19.7 Å². The summed E-state index contributed by atoms with van der Waals surface area (Å²) in [6.45, 7) is 0.200. The summed E-state index contributed by atoms with van der Waals surface area (Å²) in [5.74, 6) is 0.477. The van der Waals surface area contributed by atoms with Gasteiger partial charge in [-0.2, -0.15) is 9.97 Å². The van der Waals surface area contributed by atoms with Gasteiger partial charge in [0.25, 0.3) is 0 Å². The Labute approximate surface area is 146 Å². The minimum Gasteiger partial charge on any atom is -0.467 e. The molecule has 1 N–H and O–H groups in total. The Kier molecular flexibility index (Phi) is 6.76. The van der Waals surface area contributed by atoms with Crippen molar-refractivity contribution in [3.8, 4) is 12.0 Å². The van der Waals surface area contributed by atoms with Crippen LogP contribution in [0.25, 0.3) is 0 Å². The molecule has 0 aliphatic rings. The normalized spacial score (nSPS) is 12.2. The van der Waals surface area contributed by atoms with E-state index in [1.165, 1.54) is 26.0 Å². The third-order valence-electron chi connectivity index (χ3n) is 3.18. The maximum absolute atomic E-state index is 10.8. The molecule has 1 unspecified atom stereocenters. The molecule has 1 aromatic carbocycles. The summed E-state index contributed by atoms with van der Waals surface area (Å²) < 4.78 is 34.2. The van der Waals surface area contributed by atoms with E-state index >= 15 is 0 Å². The van der Waals surface area contributed by atoms with Crippen LogP contribution in [-0.4, -0.2) is 43.8 Å². The van der Waals surface area contributed by atoms with Crippen molar-refractivity contribution in [1.29, 1.82) is 0 Å². The Balaban J connectivity index is 2.45. The monoisotopic (exact) mass is 370 g/mol. The third kappa shape index (κ3) is 4.56. The van der Waals surface area contributed by atoms with Crippen LogP contribution < -0.4 is 14.2 Å². The summed E-state index contributed by atoms with van der Waals surface area (Å²) in [4.78, 5) is 12.6. The van der Waals surface area contributed by atoms with Gasteiger partial charge in [0.1, 0.15) is 0 Å². The van der Waals surface area contributed by atoms with Crippen LogP contribution in [0.4, 0.5) is 0 Å². The molecule has 2 aromatic rings. The summed E-state index contributed by atoms with van der Waals surface area (Å²) in [6, 6.07) is 7.83. The Morgan fingerprint density at radius 3 is 2.29 bits per heavy atom. The standard InChI is InChI=1S/C14H18N4O4S2/c1-21-13-16-12(17-14(18-13)22-2)11(23-3)10-7-5-4-6-9(10)8-15-24(19)20/h4-7,11,24H,8H2,1-3H3,(H,15,19,20). The molecule has 2 rings (SSSR count). The second-order valence-electron chi connectivity index (χ2n) is 4.57. The first-order valence-corrected chi connectivity index (χ1v) is 9.38. The third-order valence-corrected chi connectivity index (χ3v) is 4.54. The van der Waals surface area contributed by atoms with Crippen LogP contribution in [0.1, 0.15) is 22.2 Å². The molecular weight excluding hydrogens is 352 g/mol. The molecule has 8 nitrogen and oxygen atoms in total. The van der Waals surface area contributed by atoms with E-state index in [-0.39, 0.29) is 23.8 Å². The maximum Gasteiger partial charge on any atom is 0.322 e. The molecule has 0 aliphatic carbocycles. The fourth-order valence-electron chi connectivity index (χ4n) is 2.12. The lowest BCUT2D eigenvalue weighted by Crippen LogP contribution is -2.14. The van der Waals surface area contributed by atoms with Crippen LogP contribution >= 0.6 is 11.8 Å². The van der Waals surface area contributed by atoms with Crippen molar-refractivity contribution in [3.05, 3.63) is 41.2 Å². The lowest BCUT2D eigenvalue weighted by atomic mass is 10.0. The van der Waals surface area contributed by atoms with Crippen molar-refractivity contribution >= 4 is 22.7 Å². The fourth-order valence-corrected chi connectivity index (χ4v) is 3.22. The van der Waals surface area contributed by atoms with E-state index in [2.05, 4.69) is 19.7 Å². The number of rotatable bonds is 8. The minimum absolute atomic E-state index is 0.161. The number of aromatic nitrogens is 3. The number of hydrogen-bond donors (Lipinski definition) is 2. The lowest BCUT2D eigenvalue weighted by molar-refractivity contribution is 0.336. The number of thioether (sulfide) groups is 1. The average molecular weight is 370 g/mol. The Hall–Kier alpha value is -1.91. The highest BCUT2D eigenvalue weighted by molar-refractivity contribution is 7.99. The highest BCUT2D eigenvalue weighted by Crippen LogP contribution is 2.35.